The first-order chi connectivity index (χ1) is 13.5. The second kappa shape index (κ2) is 9.55. The molecule has 166 valence electrons. The lowest BCUT2D eigenvalue weighted by Crippen LogP contribution is -2.46. The summed E-state index contributed by atoms with van der Waals surface area (Å²) in [6, 6.07) is 2.24. The van der Waals surface area contributed by atoms with Crippen LogP contribution in [0, 0.1) is 0 Å². The summed E-state index contributed by atoms with van der Waals surface area (Å²) in [5.74, 6) is 0. The van der Waals surface area contributed by atoms with Gasteiger partial charge in [0.25, 0.3) is 0 Å². The number of hydrogen-bond donors (Lipinski definition) is 2. The predicted molar refractivity (Wildman–Crippen MR) is 107 cm³/mol. The lowest BCUT2D eigenvalue weighted by Gasteiger charge is -2.38. The molecule has 2 rings (SSSR count). The van der Waals surface area contributed by atoms with Crippen LogP contribution in [-0.2, 0) is 24.5 Å². The molecule has 0 bridgehead atoms. The van der Waals surface area contributed by atoms with E-state index in [-0.39, 0.29) is 48.8 Å². The van der Waals surface area contributed by atoms with Crippen LogP contribution in [0.3, 0.4) is 0 Å². The Bertz CT molecular complexity index is 728. The quantitative estimate of drug-likeness (QED) is 0.454. The second-order valence-corrected chi connectivity index (χ2v) is 8.95. The molecule has 0 saturated carbocycles. The SMILES string of the molecule is CCOP(=O)(CNc1cc(N2CC(C)OC(C)C2)c(C(F)(F)F)cc1N)OCC. The first kappa shape index (κ1) is 23.8. The number of nitrogens with one attached hydrogen (secondary N) is 1. The largest absolute Gasteiger partial charge is 0.418 e. The number of benzene rings is 1. The molecule has 11 heteroatoms. The van der Waals surface area contributed by atoms with Gasteiger partial charge in [0.1, 0.15) is 6.29 Å². The fourth-order valence-electron chi connectivity index (χ4n) is 3.33. The normalized spacial score (nSPS) is 20.7. The van der Waals surface area contributed by atoms with Gasteiger partial charge in [-0.25, -0.2) is 0 Å². The Morgan fingerprint density at radius 3 is 2.24 bits per heavy atom. The molecule has 0 aromatic heterocycles. The van der Waals surface area contributed by atoms with Crippen molar-refractivity contribution in [3.05, 3.63) is 17.7 Å². The van der Waals surface area contributed by atoms with E-state index in [1.807, 2.05) is 13.8 Å². The Morgan fingerprint density at radius 2 is 1.76 bits per heavy atom. The molecule has 1 fully saturated rings. The molecule has 29 heavy (non-hydrogen) atoms. The molecule has 0 radical (unpaired) electrons. The number of morpholine rings is 1. The molecule has 2 unspecified atom stereocenters. The Hall–Kier alpha value is -1.48. The monoisotopic (exact) mass is 439 g/mol. The van der Waals surface area contributed by atoms with Crippen molar-refractivity contribution in [2.45, 2.75) is 46.1 Å². The van der Waals surface area contributed by atoms with Crippen LogP contribution in [0.25, 0.3) is 0 Å². The average molecular weight is 439 g/mol. The summed E-state index contributed by atoms with van der Waals surface area (Å²) in [5.41, 5.74) is 5.18. The topological polar surface area (TPSA) is 86.0 Å². The third kappa shape index (κ3) is 6.25. The predicted octanol–water partition coefficient (Wildman–Crippen LogP) is 4.54. The summed E-state index contributed by atoms with van der Waals surface area (Å²) in [5, 5.41) is 2.84. The van der Waals surface area contributed by atoms with Crippen LogP contribution in [0.1, 0.15) is 33.3 Å². The summed E-state index contributed by atoms with van der Waals surface area (Å²) >= 11 is 0. The number of nitrogen functional groups attached to an aromatic ring is 1. The third-order valence-electron chi connectivity index (χ3n) is 4.35. The van der Waals surface area contributed by atoms with Crippen molar-refractivity contribution in [1.29, 1.82) is 0 Å². The molecule has 1 aromatic carbocycles. The van der Waals surface area contributed by atoms with Crippen molar-refractivity contribution in [1.82, 2.24) is 0 Å². The van der Waals surface area contributed by atoms with Gasteiger partial charge in [-0.3, -0.25) is 4.57 Å². The van der Waals surface area contributed by atoms with Crippen LogP contribution in [0.15, 0.2) is 12.1 Å². The summed E-state index contributed by atoms with van der Waals surface area (Å²) in [6.45, 7) is 7.96. The molecule has 2 atom stereocenters. The van der Waals surface area contributed by atoms with Gasteiger partial charge in [-0.1, -0.05) is 0 Å². The lowest BCUT2D eigenvalue weighted by molar-refractivity contribution is -0.137. The van der Waals surface area contributed by atoms with E-state index in [1.54, 1.807) is 18.7 Å². The molecule has 0 spiro atoms. The minimum Gasteiger partial charge on any atom is -0.397 e. The van der Waals surface area contributed by atoms with Crippen LogP contribution in [-0.4, -0.2) is 44.8 Å². The highest BCUT2D eigenvalue weighted by Gasteiger charge is 2.37. The van der Waals surface area contributed by atoms with Crippen LogP contribution < -0.4 is 16.0 Å². The van der Waals surface area contributed by atoms with Crippen LogP contribution >= 0.6 is 7.60 Å². The molecule has 1 aliphatic heterocycles. The van der Waals surface area contributed by atoms with E-state index in [2.05, 4.69) is 5.32 Å². The molecule has 0 amide bonds. The Kier molecular flexibility index (Phi) is 7.84. The number of anilines is 3. The van der Waals surface area contributed by atoms with E-state index < -0.39 is 19.3 Å². The van der Waals surface area contributed by atoms with E-state index in [0.717, 1.165) is 6.07 Å². The zero-order valence-corrected chi connectivity index (χ0v) is 18.0. The lowest BCUT2D eigenvalue weighted by atomic mass is 10.1. The van der Waals surface area contributed by atoms with E-state index >= 15 is 0 Å². The van der Waals surface area contributed by atoms with Gasteiger partial charge in [-0.15, -0.1) is 0 Å². The fourth-order valence-corrected chi connectivity index (χ4v) is 4.73. The van der Waals surface area contributed by atoms with Crippen molar-refractivity contribution in [3.8, 4) is 0 Å². The van der Waals surface area contributed by atoms with E-state index in [4.69, 9.17) is 19.5 Å². The number of nitrogens with zero attached hydrogens (tertiary/aromatic N) is 1. The highest BCUT2D eigenvalue weighted by molar-refractivity contribution is 7.53. The standard InChI is InChI=1S/C18H29F3N3O4P/c1-5-26-29(25,27-6-2)11-23-16-8-17(14(7-15(16)22)18(19,20)21)24-9-12(3)28-13(4)10-24/h7-8,12-13,23H,5-6,9-11,22H2,1-4H3. The molecule has 3 N–H and O–H groups in total. The fraction of sp³-hybridized carbons (Fsp3) is 0.667. The highest BCUT2D eigenvalue weighted by atomic mass is 31.2. The van der Waals surface area contributed by atoms with Gasteiger partial charge in [0.05, 0.1) is 48.0 Å². The molecule has 1 aromatic rings. The molecular formula is C18H29F3N3O4P. The molecule has 1 heterocycles. The van der Waals surface area contributed by atoms with E-state index in [0.29, 0.717) is 13.1 Å². The van der Waals surface area contributed by atoms with Gasteiger partial charge < -0.3 is 29.7 Å². The Labute approximate surface area is 169 Å². The Balaban J connectivity index is 2.38. The molecular weight excluding hydrogens is 410 g/mol. The number of rotatable bonds is 8. The number of alkyl halides is 3. The molecule has 0 aliphatic carbocycles. The molecule has 7 nitrogen and oxygen atoms in total. The summed E-state index contributed by atoms with van der Waals surface area (Å²) in [6.07, 6.45) is -5.21. The maximum atomic E-state index is 13.7. The highest BCUT2D eigenvalue weighted by Crippen LogP contribution is 2.48. The minimum atomic E-state index is -4.57. The summed E-state index contributed by atoms with van der Waals surface area (Å²) in [7, 11) is -3.44. The Morgan fingerprint density at radius 1 is 1.21 bits per heavy atom. The van der Waals surface area contributed by atoms with Crippen LogP contribution in [0.4, 0.5) is 30.2 Å². The van der Waals surface area contributed by atoms with Gasteiger partial charge in [0, 0.05) is 13.1 Å². The van der Waals surface area contributed by atoms with Gasteiger partial charge in [-0.2, -0.15) is 13.2 Å². The zero-order chi connectivity index (χ0) is 21.8. The van der Waals surface area contributed by atoms with Crippen molar-refractivity contribution in [3.63, 3.8) is 0 Å². The number of ether oxygens (including phenoxy) is 1. The summed E-state index contributed by atoms with van der Waals surface area (Å²) < 4.78 is 69.7. The van der Waals surface area contributed by atoms with Crippen molar-refractivity contribution >= 4 is 24.7 Å². The second-order valence-electron chi connectivity index (χ2n) is 6.90. The first-order valence-electron chi connectivity index (χ1n) is 9.52. The van der Waals surface area contributed by atoms with Crippen molar-refractivity contribution in [2.24, 2.45) is 0 Å². The zero-order valence-electron chi connectivity index (χ0n) is 17.1. The number of hydrogen-bond acceptors (Lipinski definition) is 7. The van der Waals surface area contributed by atoms with E-state index in [9.17, 15) is 17.7 Å². The van der Waals surface area contributed by atoms with Gasteiger partial charge >= 0.3 is 13.8 Å². The summed E-state index contributed by atoms with van der Waals surface area (Å²) in [4.78, 5) is 1.64. The molecule has 1 saturated heterocycles. The molecule has 1 aliphatic rings. The third-order valence-corrected chi connectivity index (χ3v) is 6.20. The van der Waals surface area contributed by atoms with Gasteiger partial charge in [0.2, 0.25) is 0 Å². The van der Waals surface area contributed by atoms with Crippen molar-refractivity contribution < 1.29 is 31.5 Å². The maximum absolute atomic E-state index is 13.7. The maximum Gasteiger partial charge on any atom is 0.418 e. The number of halogens is 3. The van der Waals surface area contributed by atoms with Crippen LogP contribution in [0.2, 0.25) is 0 Å². The van der Waals surface area contributed by atoms with Crippen molar-refractivity contribution in [2.75, 3.05) is 48.5 Å². The average Bonchev–Trinajstić information content (AvgIpc) is 2.59. The van der Waals surface area contributed by atoms with Crippen LogP contribution in [0.5, 0.6) is 0 Å². The van der Waals surface area contributed by atoms with Gasteiger partial charge in [-0.05, 0) is 39.8 Å². The number of nitrogens with two attached hydrogens (primary N) is 1. The first-order valence-corrected chi connectivity index (χ1v) is 11.2. The van der Waals surface area contributed by atoms with E-state index in [1.165, 1.54) is 6.07 Å². The minimum absolute atomic E-state index is 0.00106. The van der Waals surface area contributed by atoms with Gasteiger partial charge in [0.15, 0.2) is 0 Å². The smallest absolute Gasteiger partial charge is 0.397 e.